The molecule has 0 spiro atoms. The van der Waals surface area contributed by atoms with E-state index in [9.17, 15) is 0 Å². The smallest absolute Gasteiger partial charge is 0.0187 e. The largest absolute Gasteiger partial charge is 0.297 e. The van der Waals surface area contributed by atoms with Crippen LogP contribution in [-0.4, -0.2) is 24.0 Å². The molecule has 0 fully saturated rings. The zero-order valence-electron chi connectivity index (χ0n) is 8.34. The lowest BCUT2D eigenvalue weighted by Crippen LogP contribution is -2.40. The van der Waals surface area contributed by atoms with E-state index in [2.05, 4.69) is 39.0 Å². The molecular formula is C10H20ClN. The lowest BCUT2D eigenvalue weighted by Gasteiger charge is -2.33. The maximum absolute atomic E-state index is 3.74. The van der Waals surface area contributed by atoms with Crippen LogP contribution in [0.5, 0.6) is 0 Å². The summed E-state index contributed by atoms with van der Waals surface area (Å²) in [7, 11) is 2.10. The molecule has 12 heavy (non-hydrogen) atoms. The van der Waals surface area contributed by atoms with Crippen molar-refractivity contribution in [2.45, 2.75) is 25.8 Å². The molecule has 0 aliphatic heterocycles. The number of hydrogen-bond acceptors (Lipinski definition) is 1. The van der Waals surface area contributed by atoms with Crippen LogP contribution in [0.15, 0.2) is 25.3 Å². The fraction of sp³-hybridized carbons (Fsp3) is 0.600. The molecule has 0 unspecified atom stereocenters. The summed E-state index contributed by atoms with van der Waals surface area (Å²) < 4.78 is 0. The number of nitrogens with zero attached hydrogens (tertiary/aromatic N) is 1. The fourth-order valence-electron chi connectivity index (χ4n) is 0.950. The summed E-state index contributed by atoms with van der Waals surface area (Å²) in [6, 6.07) is 0. The van der Waals surface area contributed by atoms with E-state index in [1.807, 2.05) is 12.2 Å². The summed E-state index contributed by atoms with van der Waals surface area (Å²) in [6.45, 7) is 12.8. The predicted molar refractivity (Wildman–Crippen MR) is 59.0 cm³/mol. The van der Waals surface area contributed by atoms with E-state index < -0.39 is 0 Å². The minimum absolute atomic E-state index is 0. The zero-order valence-corrected chi connectivity index (χ0v) is 9.16. The van der Waals surface area contributed by atoms with Gasteiger partial charge in [-0.15, -0.1) is 25.6 Å². The van der Waals surface area contributed by atoms with E-state index in [0.29, 0.717) is 0 Å². The molecule has 0 atom stereocenters. The minimum Gasteiger partial charge on any atom is -0.297 e. The van der Waals surface area contributed by atoms with Gasteiger partial charge in [-0.1, -0.05) is 12.2 Å². The van der Waals surface area contributed by atoms with Crippen molar-refractivity contribution in [2.24, 2.45) is 0 Å². The average Bonchev–Trinajstić information content (AvgIpc) is 1.88. The third-order valence-electron chi connectivity index (χ3n) is 2.08. The molecule has 0 rings (SSSR count). The van der Waals surface area contributed by atoms with Gasteiger partial charge >= 0.3 is 0 Å². The van der Waals surface area contributed by atoms with Crippen LogP contribution in [0.4, 0.5) is 0 Å². The lowest BCUT2D eigenvalue weighted by molar-refractivity contribution is 0.177. The molecule has 0 saturated heterocycles. The van der Waals surface area contributed by atoms with Crippen LogP contribution in [0.2, 0.25) is 0 Å². The summed E-state index contributed by atoms with van der Waals surface area (Å²) in [4.78, 5) is 2.27. The molecule has 2 heteroatoms. The van der Waals surface area contributed by atoms with Crippen molar-refractivity contribution in [3.05, 3.63) is 25.3 Å². The van der Waals surface area contributed by atoms with Crippen LogP contribution in [-0.2, 0) is 0 Å². The molecule has 0 saturated carbocycles. The monoisotopic (exact) mass is 189 g/mol. The molecule has 0 aromatic rings. The summed E-state index contributed by atoms with van der Waals surface area (Å²) in [5.74, 6) is 0. The van der Waals surface area contributed by atoms with Crippen molar-refractivity contribution in [3.8, 4) is 0 Å². The molecule has 0 aliphatic carbocycles. The molecule has 0 N–H and O–H groups in total. The standard InChI is InChI=1S/C10H19N.ClH/c1-6-8-10(3,4)11(5)9-7-2;/h6-7H,1-2,8-9H2,3-5H3;1H. The first-order chi connectivity index (χ1) is 5.04. The second-order valence-corrected chi connectivity index (χ2v) is 3.47. The molecule has 72 valence electrons. The Balaban J connectivity index is 0. The lowest BCUT2D eigenvalue weighted by atomic mass is 9.99. The summed E-state index contributed by atoms with van der Waals surface area (Å²) in [5.41, 5.74) is 0.204. The molecule has 0 aromatic carbocycles. The fourth-order valence-corrected chi connectivity index (χ4v) is 0.950. The predicted octanol–water partition coefficient (Wildman–Crippen LogP) is 2.88. The van der Waals surface area contributed by atoms with Gasteiger partial charge in [0.2, 0.25) is 0 Å². The molecule has 0 aliphatic rings. The van der Waals surface area contributed by atoms with Gasteiger partial charge in [0.05, 0.1) is 0 Å². The van der Waals surface area contributed by atoms with Crippen LogP contribution >= 0.6 is 12.4 Å². The molecule has 1 nitrogen and oxygen atoms in total. The van der Waals surface area contributed by atoms with Crippen molar-refractivity contribution in [1.82, 2.24) is 4.90 Å². The Bertz CT molecular complexity index is 141. The van der Waals surface area contributed by atoms with Crippen molar-refractivity contribution in [3.63, 3.8) is 0 Å². The Morgan fingerprint density at radius 2 is 1.75 bits per heavy atom. The summed E-state index contributed by atoms with van der Waals surface area (Å²) in [6.07, 6.45) is 4.89. The number of halogens is 1. The van der Waals surface area contributed by atoms with Crippen molar-refractivity contribution in [1.29, 1.82) is 0 Å². The first-order valence-corrected chi connectivity index (χ1v) is 3.97. The Morgan fingerprint density at radius 3 is 2.08 bits per heavy atom. The van der Waals surface area contributed by atoms with Crippen LogP contribution in [0, 0.1) is 0 Å². The molecule has 0 heterocycles. The van der Waals surface area contributed by atoms with Gasteiger partial charge in [-0.3, -0.25) is 4.90 Å². The Morgan fingerprint density at radius 1 is 1.25 bits per heavy atom. The van der Waals surface area contributed by atoms with E-state index in [4.69, 9.17) is 0 Å². The molecule has 0 radical (unpaired) electrons. The van der Waals surface area contributed by atoms with Crippen LogP contribution in [0.1, 0.15) is 20.3 Å². The van der Waals surface area contributed by atoms with Gasteiger partial charge in [0.1, 0.15) is 0 Å². The summed E-state index contributed by atoms with van der Waals surface area (Å²) >= 11 is 0. The minimum atomic E-state index is 0. The zero-order chi connectivity index (χ0) is 8.91. The highest BCUT2D eigenvalue weighted by molar-refractivity contribution is 5.85. The van der Waals surface area contributed by atoms with Gasteiger partial charge in [0, 0.05) is 12.1 Å². The molecule has 0 amide bonds. The Kier molecular flexibility index (Phi) is 7.45. The summed E-state index contributed by atoms with van der Waals surface area (Å²) in [5, 5.41) is 0. The first-order valence-electron chi connectivity index (χ1n) is 3.97. The number of likely N-dealkylation sites (N-methyl/N-ethyl adjacent to an activating group) is 1. The van der Waals surface area contributed by atoms with E-state index >= 15 is 0 Å². The molecular weight excluding hydrogens is 170 g/mol. The SMILES string of the molecule is C=CCN(C)C(C)(C)CC=C.Cl. The highest BCUT2D eigenvalue weighted by Gasteiger charge is 2.19. The first kappa shape index (κ1) is 14.3. The van der Waals surface area contributed by atoms with Crippen molar-refractivity contribution >= 4 is 12.4 Å². The van der Waals surface area contributed by atoms with Gasteiger partial charge in [0.25, 0.3) is 0 Å². The van der Waals surface area contributed by atoms with Gasteiger partial charge in [-0.05, 0) is 27.3 Å². The van der Waals surface area contributed by atoms with E-state index in [0.717, 1.165) is 13.0 Å². The number of rotatable bonds is 5. The van der Waals surface area contributed by atoms with Gasteiger partial charge in [-0.25, -0.2) is 0 Å². The van der Waals surface area contributed by atoms with E-state index in [-0.39, 0.29) is 17.9 Å². The van der Waals surface area contributed by atoms with E-state index in [1.165, 1.54) is 0 Å². The average molecular weight is 190 g/mol. The van der Waals surface area contributed by atoms with Gasteiger partial charge in [0.15, 0.2) is 0 Å². The third kappa shape index (κ3) is 4.58. The maximum Gasteiger partial charge on any atom is 0.0187 e. The highest BCUT2D eigenvalue weighted by atomic mass is 35.5. The van der Waals surface area contributed by atoms with Gasteiger partial charge in [-0.2, -0.15) is 0 Å². The normalized spacial score (nSPS) is 10.7. The Hall–Kier alpha value is -0.270. The van der Waals surface area contributed by atoms with Gasteiger partial charge < -0.3 is 0 Å². The van der Waals surface area contributed by atoms with Crippen LogP contribution < -0.4 is 0 Å². The molecule has 0 bridgehead atoms. The quantitative estimate of drug-likeness (QED) is 0.602. The van der Waals surface area contributed by atoms with Crippen molar-refractivity contribution in [2.75, 3.05) is 13.6 Å². The maximum atomic E-state index is 3.74. The van der Waals surface area contributed by atoms with Crippen molar-refractivity contribution < 1.29 is 0 Å². The second-order valence-electron chi connectivity index (χ2n) is 3.47. The number of hydrogen-bond donors (Lipinski definition) is 0. The highest BCUT2D eigenvalue weighted by Crippen LogP contribution is 2.16. The topological polar surface area (TPSA) is 3.24 Å². The van der Waals surface area contributed by atoms with E-state index in [1.54, 1.807) is 0 Å². The second kappa shape index (κ2) is 6.27. The van der Waals surface area contributed by atoms with Crippen LogP contribution in [0.25, 0.3) is 0 Å². The van der Waals surface area contributed by atoms with Crippen LogP contribution in [0.3, 0.4) is 0 Å². The third-order valence-corrected chi connectivity index (χ3v) is 2.08. The Labute approximate surface area is 82.6 Å². The molecule has 0 aromatic heterocycles.